The van der Waals surface area contributed by atoms with Gasteiger partial charge < -0.3 is 5.32 Å². The van der Waals surface area contributed by atoms with E-state index in [4.69, 9.17) is 34.8 Å². The first-order valence-corrected chi connectivity index (χ1v) is 6.88. The monoisotopic (exact) mass is 325 g/mol. The molecular formula is C15H10Cl3NO. The van der Waals surface area contributed by atoms with Gasteiger partial charge in [-0.05, 0) is 35.9 Å². The lowest BCUT2D eigenvalue weighted by atomic mass is 10.2. The molecule has 0 fully saturated rings. The van der Waals surface area contributed by atoms with Crippen LogP contribution in [0.2, 0.25) is 15.1 Å². The Hall–Kier alpha value is -1.48. The molecule has 5 heteroatoms. The lowest BCUT2D eigenvalue weighted by Crippen LogP contribution is -2.07. The maximum Gasteiger partial charge on any atom is 0.248 e. The molecule has 2 nitrogen and oxygen atoms in total. The van der Waals surface area contributed by atoms with E-state index in [0.717, 1.165) is 5.56 Å². The highest BCUT2D eigenvalue weighted by Crippen LogP contribution is 2.23. The van der Waals surface area contributed by atoms with Crippen LogP contribution in [0.25, 0.3) is 6.08 Å². The zero-order valence-corrected chi connectivity index (χ0v) is 12.5. The summed E-state index contributed by atoms with van der Waals surface area (Å²) < 4.78 is 0. The first-order valence-electron chi connectivity index (χ1n) is 5.75. The van der Waals surface area contributed by atoms with Gasteiger partial charge >= 0.3 is 0 Å². The van der Waals surface area contributed by atoms with Gasteiger partial charge in [-0.1, -0.05) is 53.0 Å². The Morgan fingerprint density at radius 1 is 0.950 bits per heavy atom. The second-order valence-corrected chi connectivity index (χ2v) is 5.20. The van der Waals surface area contributed by atoms with Crippen molar-refractivity contribution in [2.24, 2.45) is 0 Å². The van der Waals surface area contributed by atoms with Crippen molar-refractivity contribution in [2.45, 2.75) is 0 Å². The topological polar surface area (TPSA) is 29.1 Å². The smallest absolute Gasteiger partial charge is 0.248 e. The molecule has 2 aromatic rings. The SMILES string of the molecule is O=C(C=Cc1ccc(Cl)c(Cl)c1)Nc1ccccc1Cl. The Balaban J connectivity index is 2.06. The van der Waals surface area contributed by atoms with Crippen molar-refractivity contribution < 1.29 is 4.79 Å². The average molecular weight is 327 g/mol. The Bertz CT molecular complexity index is 668. The standard InChI is InChI=1S/C15H10Cl3NO/c16-11-7-5-10(9-13(11)18)6-8-15(20)19-14-4-2-1-3-12(14)17/h1-9H,(H,19,20). The summed E-state index contributed by atoms with van der Waals surface area (Å²) in [5, 5.41) is 4.10. The number of halogens is 3. The molecule has 0 aromatic heterocycles. The minimum atomic E-state index is -0.274. The third kappa shape index (κ3) is 4.01. The van der Waals surface area contributed by atoms with E-state index in [1.165, 1.54) is 6.08 Å². The molecule has 2 aromatic carbocycles. The second-order valence-electron chi connectivity index (χ2n) is 3.98. The van der Waals surface area contributed by atoms with Crippen LogP contribution < -0.4 is 5.32 Å². The predicted molar refractivity (Wildman–Crippen MR) is 85.6 cm³/mol. The predicted octanol–water partition coefficient (Wildman–Crippen LogP) is 5.30. The molecule has 0 radical (unpaired) electrons. The van der Waals surface area contributed by atoms with Crippen molar-refractivity contribution in [1.29, 1.82) is 0 Å². The van der Waals surface area contributed by atoms with Crippen molar-refractivity contribution in [3.05, 3.63) is 69.2 Å². The van der Waals surface area contributed by atoms with Crippen molar-refractivity contribution in [2.75, 3.05) is 5.32 Å². The number of hydrogen-bond donors (Lipinski definition) is 1. The lowest BCUT2D eigenvalue weighted by molar-refractivity contribution is -0.111. The van der Waals surface area contributed by atoms with Crippen molar-refractivity contribution in [3.8, 4) is 0 Å². The number of rotatable bonds is 3. The zero-order chi connectivity index (χ0) is 14.5. The number of anilines is 1. The van der Waals surface area contributed by atoms with Crippen LogP contribution in [0.15, 0.2) is 48.5 Å². The van der Waals surface area contributed by atoms with Crippen molar-refractivity contribution in [3.63, 3.8) is 0 Å². The van der Waals surface area contributed by atoms with E-state index in [-0.39, 0.29) is 5.91 Å². The molecule has 0 aliphatic rings. The number of benzene rings is 2. The minimum absolute atomic E-state index is 0.274. The number of carbonyl (C=O) groups excluding carboxylic acids is 1. The summed E-state index contributed by atoms with van der Waals surface area (Å²) in [5.41, 5.74) is 1.35. The number of para-hydroxylation sites is 1. The zero-order valence-electron chi connectivity index (χ0n) is 10.2. The van der Waals surface area contributed by atoms with Crippen LogP contribution in [0.5, 0.6) is 0 Å². The first kappa shape index (κ1) is 14.9. The van der Waals surface area contributed by atoms with Gasteiger partial charge in [0.15, 0.2) is 0 Å². The molecule has 0 saturated heterocycles. The van der Waals surface area contributed by atoms with E-state index in [0.29, 0.717) is 20.8 Å². The molecule has 20 heavy (non-hydrogen) atoms. The number of hydrogen-bond acceptors (Lipinski definition) is 1. The molecule has 0 bridgehead atoms. The highest BCUT2D eigenvalue weighted by atomic mass is 35.5. The van der Waals surface area contributed by atoms with E-state index in [2.05, 4.69) is 5.32 Å². The third-order valence-electron chi connectivity index (χ3n) is 2.50. The molecule has 0 spiro atoms. The highest BCUT2D eigenvalue weighted by molar-refractivity contribution is 6.42. The van der Waals surface area contributed by atoms with Gasteiger partial charge in [0.25, 0.3) is 0 Å². The molecular weight excluding hydrogens is 317 g/mol. The van der Waals surface area contributed by atoms with Crippen LogP contribution in [-0.4, -0.2) is 5.91 Å². The van der Waals surface area contributed by atoms with Crippen LogP contribution in [0.4, 0.5) is 5.69 Å². The van der Waals surface area contributed by atoms with Gasteiger partial charge in [0.2, 0.25) is 5.91 Å². The van der Waals surface area contributed by atoms with Gasteiger partial charge in [0.05, 0.1) is 20.8 Å². The Morgan fingerprint density at radius 2 is 1.70 bits per heavy atom. The molecule has 1 amide bonds. The summed E-state index contributed by atoms with van der Waals surface area (Å²) in [6.45, 7) is 0. The molecule has 0 aliphatic carbocycles. The summed E-state index contributed by atoms with van der Waals surface area (Å²) in [7, 11) is 0. The fourth-order valence-electron chi connectivity index (χ4n) is 1.52. The Labute approximate surface area is 132 Å². The van der Waals surface area contributed by atoms with E-state index in [1.807, 2.05) is 0 Å². The van der Waals surface area contributed by atoms with Crippen LogP contribution in [0, 0.1) is 0 Å². The Morgan fingerprint density at radius 3 is 2.40 bits per heavy atom. The molecule has 0 saturated carbocycles. The Kier molecular flexibility index (Phi) is 5.07. The van der Waals surface area contributed by atoms with Gasteiger partial charge in [-0.2, -0.15) is 0 Å². The molecule has 102 valence electrons. The third-order valence-corrected chi connectivity index (χ3v) is 3.57. The van der Waals surface area contributed by atoms with Crippen LogP contribution in [0.1, 0.15) is 5.56 Å². The number of carbonyl (C=O) groups is 1. The van der Waals surface area contributed by atoms with Gasteiger partial charge in [0.1, 0.15) is 0 Å². The van der Waals surface area contributed by atoms with E-state index < -0.39 is 0 Å². The molecule has 0 aliphatic heterocycles. The molecule has 0 unspecified atom stereocenters. The first-order chi connectivity index (χ1) is 9.56. The maximum absolute atomic E-state index is 11.8. The normalized spacial score (nSPS) is 10.8. The van der Waals surface area contributed by atoms with E-state index in [9.17, 15) is 4.79 Å². The quantitative estimate of drug-likeness (QED) is 0.762. The number of amides is 1. The summed E-state index contributed by atoms with van der Waals surface area (Å²) in [6, 6.07) is 12.2. The van der Waals surface area contributed by atoms with E-state index >= 15 is 0 Å². The van der Waals surface area contributed by atoms with E-state index in [1.54, 1.807) is 48.5 Å². The summed E-state index contributed by atoms with van der Waals surface area (Å²) >= 11 is 17.7. The summed E-state index contributed by atoms with van der Waals surface area (Å²) in [5.74, 6) is -0.274. The molecule has 2 rings (SSSR count). The highest BCUT2D eigenvalue weighted by Gasteiger charge is 2.02. The second kappa shape index (κ2) is 6.80. The van der Waals surface area contributed by atoms with Gasteiger partial charge in [-0.3, -0.25) is 4.79 Å². The fourth-order valence-corrected chi connectivity index (χ4v) is 2.01. The molecule has 0 atom stereocenters. The molecule has 0 heterocycles. The van der Waals surface area contributed by atoms with Crippen LogP contribution in [0.3, 0.4) is 0 Å². The van der Waals surface area contributed by atoms with Crippen molar-refractivity contribution >= 4 is 52.5 Å². The maximum atomic E-state index is 11.8. The fraction of sp³-hybridized carbons (Fsp3) is 0. The van der Waals surface area contributed by atoms with Crippen LogP contribution in [-0.2, 0) is 4.79 Å². The van der Waals surface area contributed by atoms with Gasteiger partial charge in [0, 0.05) is 6.08 Å². The number of nitrogens with one attached hydrogen (secondary N) is 1. The van der Waals surface area contributed by atoms with Crippen LogP contribution >= 0.6 is 34.8 Å². The minimum Gasteiger partial charge on any atom is -0.321 e. The van der Waals surface area contributed by atoms with Gasteiger partial charge in [-0.15, -0.1) is 0 Å². The summed E-state index contributed by atoms with van der Waals surface area (Å²) in [6.07, 6.45) is 3.05. The lowest BCUT2D eigenvalue weighted by Gasteiger charge is -2.03. The van der Waals surface area contributed by atoms with Crippen molar-refractivity contribution in [1.82, 2.24) is 0 Å². The average Bonchev–Trinajstić information content (AvgIpc) is 2.43. The molecule has 1 N–H and O–H groups in total. The summed E-state index contributed by atoms with van der Waals surface area (Å²) in [4.78, 5) is 11.8. The largest absolute Gasteiger partial charge is 0.321 e. The van der Waals surface area contributed by atoms with Gasteiger partial charge in [-0.25, -0.2) is 0 Å².